The van der Waals surface area contributed by atoms with Crippen LogP contribution in [0.25, 0.3) is 0 Å². The highest BCUT2D eigenvalue weighted by Crippen LogP contribution is 2.10. The van der Waals surface area contributed by atoms with Crippen molar-refractivity contribution in [2.45, 2.75) is 51.6 Å². The van der Waals surface area contributed by atoms with Gasteiger partial charge in [-0.15, -0.1) is 0 Å². The van der Waals surface area contributed by atoms with E-state index in [0.717, 1.165) is 25.9 Å². The average Bonchev–Trinajstić information content (AvgIpc) is 2.88. The molecule has 3 heteroatoms. The van der Waals surface area contributed by atoms with Gasteiger partial charge in [0.1, 0.15) is 0 Å². The van der Waals surface area contributed by atoms with E-state index in [-0.39, 0.29) is 12.0 Å². The highest BCUT2D eigenvalue weighted by Gasteiger charge is 2.15. The molecule has 1 atom stereocenters. The van der Waals surface area contributed by atoms with E-state index < -0.39 is 0 Å². The van der Waals surface area contributed by atoms with Crippen molar-refractivity contribution in [1.82, 2.24) is 5.32 Å². The molecule has 102 valence electrons. The maximum Gasteiger partial charge on any atom is 0.244 e. The third-order valence-electron chi connectivity index (χ3n) is 3.00. The minimum absolute atomic E-state index is 0.0382. The van der Waals surface area contributed by atoms with Crippen molar-refractivity contribution in [3.05, 3.63) is 24.3 Å². The van der Waals surface area contributed by atoms with Gasteiger partial charge in [0.2, 0.25) is 5.91 Å². The van der Waals surface area contributed by atoms with Crippen LogP contribution in [0.5, 0.6) is 0 Å². The maximum absolute atomic E-state index is 11.4. The smallest absolute Gasteiger partial charge is 0.244 e. The fourth-order valence-corrected chi connectivity index (χ4v) is 1.91. The Balaban J connectivity index is 2.03. The van der Waals surface area contributed by atoms with Crippen molar-refractivity contribution in [2.75, 3.05) is 13.2 Å². The molecule has 1 rings (SSSR count). The van der Waals surface area contributed by atoms with Crippen molar-refractivity contribution in [1.29, 1.82) is 0 Å². The summed E-state index contributed by atoms with van der Waals surface area (Å²) in [6.45, 7) is 3.66. The summed E-state index contributed by atoms with van der Waals surface area (Å²) >= 11 is 0. The Morgan fingerprint density at radius 3 is 3.00 bits per heavy atom. The largest absolute Gasteiger partial charge is 0.376 e. The quantitative estimate of drug-likeness (QED) is 0.409. The zero-order valence-electron chi connectivity index (χ0n) is 11.4. The summed E-state index contributed by atoms with van der Waals surface area (Å²) < 4.78 is 5.43. The molecule has 0 spiro atoms. The molecule has 0 saturated carbocycles. The Morgan fingerprint density at radius 1 is 1.39 bits per heavy atom. The normalized spacial score (nSPS) is 19.9. The van der Waals surface area contributed by atoms with Crippen molar-refractivity contribution < 1.29 is 9.53 Å². The Bertz CT molecular complexity index is 278. The summed E-state index contributed by atoms with van der Waals surface area (Å²) in [6.07, 6.45) is 14.7. The lowest BCUT2D eigenvalue weighted by atomic mass is 10.2. The molecule has 1 heterocycles. The first-order chi connectivity index (χ1) is 8.83. The molecule has 0 aromatic rings. The average molecular weight is 251 g/mol. The number of carbonyl (C=O) groups excluding carboxylic acids is 1. The second kappa shape index (κ2) is 9.89. The fourth-order valence-electron chi connectivity index (χ4n) is 1.91. The SMILES string of the molecule is CCCCC/C=C/C=C/C(=O)NCC1CCCO1. The number of hydrogen-bond donors (Lipinski definition) is 1. The van der Waals surface area contributed by atoms with Crippen LogP contribution in [0, 0.1) is 0 Å². The molecular weight excluding hydrogens is 226 g/mol. The van der Waals surface area contributed by atoms with Gasteiger partial charge >= 0.3 is 0 Å². The van der Waals surface area contributed by atoms with Crippen molar-refractivity contribution >= 4 is 5.91 Å². The highest BCUT2D eigenvalue weighted by atomic mass is 16.5. The Labute approximate surface area is 110 Å². The predicted octanol–water partition coefficient (Wildman–Crippen LogP) is 2.97. The van der Waals surface area contributed by atoms with Gasteiger partial charge < -0.3 is 10.1 Å². The molecule has 1 saturated heterocycles. The number of ether oxygens (including phenoxy) is 1. The van der Waals surface area contributed by atoms with E-state index in [1.54, 1.807) is 12.2 Å². The van der Waals surface area contributed by atoms with E-state index in [9.17, 15) is 4.79 Å². The van der Waals surface area contributed by atoms with Gasteiger partial charge in [0.25, 0.3) is 0 Å². The van der Waals surface area contributed by atoms with Crippen LogP contribution < -0.4 is 5.32 Å². The molecule has 1 aliphatic heterocycles. The molecule has 0 aliphatic carbocycles. The molecule has 1 aliphatic rings. The predicted molar refractivity (Wildman–Crippen MR) is 74.4 cm³/mol. The number of allylic oxidation sites excluding steroid dienone is 3. The van der Waals surface area contributed by atoms with Crippen LogP contribution in [-0.2, 0) is 9.53 Å². The van der Waals surface area contributed by atoms with Gasteiger partial charge in [0.15, 0.2) is 0 Å². The van der Waals surface area contributed by atoms with E-state index >= 15 is 0 Å². The second-order valence-corrected chi connectivity index (χ2v) is 4.66. The topological polar surface area (TPSA) is 38.3 Å². The lowest BCUT2D eigenvalue weighted by Crippen LogP contribution is -2.30. The van der Waals surface area contributed by atoms with Gasteiger partial charge in [0, 0.05) is 19.2 Å². The Morgan fingerprint density at radius 2 is 2.28 bits per heavy atom. The van der Waals surface area contributed by atoms with Gasteiger partial charge in [-0.05, 0) is 25.7 Å². The summed E-state index contributed by atoms with van der Waals surface area (Å²) in [5, 5.41) is 2.85. The summed E-state index contributed by atoms with van der Waals surface area (Å²) in [5.41, 5.74) is 0. The molecule has 1 unspecified atom stereocenters. The molecule has 0 bridgehead atoms. The molecule has 0 radical (unpaired) electrons. The number of unbranched alkanes of at least 4 members (excludes halogenated alkanes) is 3. The number of hydrogen-bond acceptors (Lipinski definition) is 2. The van der Waals surface area contributed by atoms with Crippen LogP contribution in [0.4, 0.5) is 0 Å². The first-order valence-corrected chi connectivity index (χ1v) is 7.05. The lowest BCUT2D eigenvalue weighted by molar-refractivity contribution is -0.117. The number of rotatable bonds is 8. The standard InChI is InChI=1S/C15H25NO2/c1-2-3-4-5-6-7-8-11-15(17)16-13-14-10-9-12-18-14/h6-8,11,14H,2-5,9-10,12-13H2,1H3,(H,16,17)/b7-6+,11-8+. The van der Waals surface area contributed by atoms with Crippen LogP contribution in [0.15, 0.2) is 24.3 Å². The van der Waals surface area contributed by atoms with Crippen molar-refractivity contribution in [3.8, 4) is 0 Å². The van der Waals surface area contributed by atoms with E-state index in [0.29, 0.717) is 6.54 Å². The first-order valence-electron chi connectivity index (χ1n) is 7.05. The van der Waals surface area contributed by atoms with Crippen molar-refractivity contribution in [2.24, 2.45) is 0 Å². The van der Waals surface area contributed by atoms with E-state index in [1.807, 2.05) is 6.08 Å². The monoisotopic (exact) mass is 251 g/mol. The van der Waals surface area contributed by atoms with Gasteiger partial charge in [-0.1, -0.05) is 38.0 Å². The van der Waals surface area contributed by atoms with Gasteiger partial charge in [0.05, 0.1) is 6.10 Å². The van der Waals surface area contributed by atoms with Crippen LogP contribution in [0.3, 0.4) is 0 Å². The fraction of sp³-hybridized carbons (Fsp3) is 0.667. The minimum atomic E-state index is -0.0382. The molecule has 1 fully saturated rings. The third kappa shape index (κ3) is 7.28. The molecule has 18 heavy (non-hydrogen) atoms. The van der Waals surface area contributed by atoms with E-state index in [2.05, 4.69) is 18.3 Å². The Hall–Kier alpha value is -1.09. The first kappa shape index (κ1) is 15.0. The van der Waals surface area contributed by atoms with Crippen LogP contribution in [0.1, 0.15) is 45.4 Å². The van der Waals surface area contributed by atoms with E-state index in [1.165, 1.54) is 19.3 Å². The van der Waals surface area contributed by atoms with Crippen LogP contribution in [0.2, 0.25) is 0 Å². The second-order valence-electron chi connectivity index (χ2n) is 4.66. The van der Waals surface area contributed by atoms with Gasteiger partial charge in [-0.3, -0.25) is 4.79 Å². The van der Waals surface area contributed by atoms with Crippen LogP contribution in [-0.4, -0.2) is 25.2 Å². The molecule has 1 amide bonds. The minimum Gasteiger partial charge on any atom is -0.376 e. The maximum atomic E-state index is 11.4. The summed E-state index contributed by atoms with van der Waals surface area (Å²) in [5.74, 6) is -0.0382. The molecule has 1 N–H and O–H groups in total. The van der Waals surface area contributed by atoms with Gasteiger partial charge in [-0.25, -0.2) is 0 Å². The zero-order chi connectivity index (χ0) is 13.1. The highest BCUT2D eigenvalue weighted by molar-refractivity contribution is 5.87. The molecular formula is C15H25NO2. The Kier molecular flexibility index (Phi) is 8.23. The van der Waals surface area contributed by atoms with Crippen molar-refractivity contribution in [3.63, 3.8) is 0 Å². The molecule has 0 aromatic carbocycles. The summed E-state index contributed by atoms with van der Waals surface area (Å²) in [4.78, 5) is 11.4. The summed E-state index contributed by atoms with van der Waals surface area (Å²) in [6, 6.07) is 0. The van der Waals surface area contributed by atoms with Gasteiger partial charge in [-0.2, -0.15) is 0 Å². The molecule has 3 nitrogen and oxygen atoms in total. The van der Waals surface area contributed by atoms with Crippen LogP contribution >= 0.6 is 0 Å². The molecule has 0 aromatic heterocycles. The lowest BCUT2D eigenvalue weighted by Gasteiger charge is -2.08. The number of nitrogens with one attached hydrogen (secondary N) is 1. The number of amides is 1. The van der Waals surface area contributed by atoms with E-state index in [4.69, 9.17) is 4.74 Å². The summed E-state index contributed by atoms with van der Waals surface area (Å²) in [7, 11) is 0. The number of carbonyl (C=O) groups is 1. The zero-order valence-corrected chi connectivity index (χ0v) is 11.4. The third-order valence-corrected chi connectivity index (χ3v) is 3.00.